The average Bonchev–Trinajstić information content (AvgIpc) is 2.34. The molecule has 1 aliphatic rings. The predicted octanol–water partition coefficient (Wildman–Crippen LogP) is 0.717. The third-order valence-electron chi connectivity index (χ3n) is 3.11. The van der Waals surface area contributed by atoms with Crippen LogP contribution in [-0.2, 0) is 4.79 Å². The normalized spacial score (nSPS) is 17.3. The number of piperidine rings is 1. The number of rotatable bonds is 7. The van der Waals surface area contributed by atoms with E-state index in [4.69, 9.17) is 5.73 Å². The Morgan fingerprint density at radius 3 is 2.56 bits per heavy atom. The van der Waals surface area contributed by atoms with Crippen molar-refractivity contribution in [2.45, 2.75) is 38.5 Å². The van der Waals surface area contributed by atoms with Crippen LogP contribution in [0.4, 0.5) is 0 Å². The van der Waals surface area contributed by atoms with Crippen molar-refractivity contribution in [2.75, 3.05) is 32.7 Å². The van der Waals surface area contributed by atoms with E-state index >= 15 is 0 Å². The van der Waals surface area contributed by atoms with Crippen LogP contribution < -0.4 is 11.1 Å². The molecule has 1 amide bonds. The maximum Gasteiger partial charge on any atom is 0.233 e. The SMILES string of the molecule is NCC(=O)NCCCCCN1CCCCC1. The van der Waals surface area contributed by atoms with E-state index in [1.165, 1.54) is 51.7 Å². The van der Waals surface area contributed by atoms with Crippen LogP contribution in [0.15, 0.2) is 0 Å². The molecule has 1 fully saturated rings. The highest BCUT2D eigenvalue weighted by atomic mass is 16.1. The molecule has 4 heteroatoms. The summed E-state index contributed by atoms with van der Waals surface area (Å²) in [7, 11) is 0. The minimum Gasteiger partial charge on any atom is -0.355 e. The fraction of sp³-hybridized carbons (Fsp3) is 0.917. The van der Waals surface area contributed by atoms with Gasteiger partial charge in [0.25, 0.3) is 0 Å². The van der Waals surface area contributed by atoms with Gasteiger partial charge in [0.15, 0.2) is 0 Å². The van der Waals surface area contributed by atoms with Gasteiger partial charge in [0, 0.05) is 6.54 Å². The van der Waals surface area contributed by atoms with Crippen molar-refractivity contribution in [2.24, 2.45) is 5.73 Å². The van der Waals surface area contributed by atoms with E-state index in [2.05, 4.69) is 10.2 Å². The molecule has 0 saturated carbocycles. The molecule has 1 aliphatic heterocycles. The number of likely N-dealkylation sites (tertiary alicyclic amines) is 1. The van der Waals surface area contributed by atoms with Crippen molar-refractivity contribution in [3.63, 3.8) is 0 Å². The van der Waals surface area contributed by atoms with E-state index in [9.17, 15) is 4.79 Å². The Kier molecular flexibility index (Phi) is 7.17. The first-order chi connectivity index (χ1) is 7.83. The van der Waals surface area contributed by atoms with E-state index in [0.29, 0.717) is 0 Å². The summed E-state index contributed by atoms with van der Waals surface area (Å²) in [4.78, 5) is 13.4. The number of nitrogens with two attached hydrogens (primary N) is 1. The molecule has 1 rings (SSSR count). The fourth-order valence-corrected chi connectivity index (χ4v) is 2.12. The lowest BCUT2D eigenvalue weighted by atomic mass is 10.1. The average molecular weight is 227 g/mol. The molecule has 0 bridgehead atoms. The lowest BCUT2D eigenvalue weighted by molar-refractivity contribution is -0.119. The van der Waals surface area contributed by atoms with E-state index < -0.39 is 0 Å². The highest BCUT2D eigenvalue weighted by Gasteiger charge is 2.08. The van der Waals surface area contributed by atoms with Crippen LogP contribution in [0.1, 0.15) is 38.5 Å². The lowest BCUT2D eigenvalue weighted by Crippen LogP contribution is -2.31. The Morgan fingerprint density at radius 1 is 1.12 bits per heavy atom. The number of hydrogen-bond donors (Lipinski definition) is 2. The molecule has 0 unspecified atom stereocenters. The Balaban J connectivity index is 1.85. The van der Waals surface area contributed by atoms with Crippen molar-refractivity contribution in [1.82, 2.24) is 10.2 Å². The number of carbonyl (C=O) groups excluding carboxylic acids is 1. The first-order valence-corrected chi connectivity index (χ1v) is 6.52. The minimum absolute atomic E-state index is 0.0453. The summed E-state index contributed by atoms with van der Waals surface area (Å²) in [6.45, 7) is 4.67. The van der Waals surface area contributed by atoms with E-state index in [-0.39, 0.29) is 12.5 Å². The topological polar surface area (TPSA) is 58.4 Å². The van der Waals surface area contributed by atoms with E-state index in [1.54, 1.807) is 0 Å². The number of amides is 1. The summed E-state index contributed by atoms with van der Waals surface area (Å²) in [6, 6.07) is 0. The molecule has 0 radical (unpaired) electrons. The number of unbranched alkanes of at least 4 members (excludes halogenated alkanes) is 2. The van der Waals surface area contributed by atoms with Crippen molar-refractivity contribution in [1.29, 1.82) is 0 Å². The van der Waals surface area contributed by atoms with Crippen molar-refractivity contribution >= 4 is 5.91 Å². The minimum atomic E-state index is -0.0453. The molecule has 0 atom stereocenters. The van der Waals surface area contributed by atoms with Crippen molar-refractivity contribution < 1.29 is 4.79 Å². The first-order valence-electron chi connectivity index (χ1n) is 6.52. The van der Waals surface area contributed by atoms with Gasteiger partial charge in [-0.05, 0) is 45.3 Å². The zero-order chi connectivity index (χ0) is 11.6. The Labute approximate surface area is 98.6 Å². The third-order valence-corrected chi connectivity index (χ3v) is 3.11. The van der Waals surface area contributed by atoms with Gasteiger partial charge in [-0.15, -0.1) is 0 Å². The molecular formula is C12H25N3O. The Hall–Kier alpha value is -0.610. The Morgan fingerprint density at radius 2 is 1.88 bits per heavy atom. The van der Waals surface area contributed by atoms with Crippen LogP contribution >= 0.6 is 0 Å². The summed E-state index contributed by atoms with van der Waals surface area (Å²) in [5.41, 5.74) is 5.19. The van der Waals surface area contributed by atoms with E-state index in [1.807, 2.05) is 0 Å². The van der Waals surface area contributed by atoms with Gasteiger partial charge in [0.1, 0.15) is 0 Å². The highest BCUT2D eigenvalue weighted by molar-refractivity contribution is 5.77. The third kappa shape index (κ3) is 6.08. The molecule has 3 N–H and O–H groups in total. The summed E-state index contributed by atoms with van der Waals surface area (Å²) in [5, 5.41) is 2.79. The highest BCUT2D eigenvalue weighted by Crippen LogP contribution is 2.09. The van der Waals surface area contributed by atoms with Gasteiger partial charge >= 0.3 is 0 Å². The fourth-order valence-electron chi connectivity index (χ4n) is 2.12. The zero-order valence-corrected chi connectivity index (χ0v) is 10.2. The standard InChI is InChI=1S/C12H25N3O/c13-11-12(16)14-7-3-1-4-8-15-9-5-2-6-10-15/h1-11,13H2,(H,14,16). The van der Waals surface area contributed by atoms with Gasteiger partial charge in [0.2, 0.25) is 5.91 Å². The molecular weight excluding hydrogens is 202 g/mol. The molecule has 0 aromatic heterocycles. The maximum atomic E-state index is 10.8. The number of nitrogens with zero attached hydrogens (tertiary/aromatic N) is 1. The van der Waals surface area contributed by atoms with Crippen LogP contribution in [0.2, 0.25) is 0 Å². The van der Waals surface area contributed by atoms with Crippen LogP contribution in [0.5, 0.6) is 0 Å². The maximum absolute atomic E-state index is 10.8. The molecule has 0 spiro atoms. The number of carbonyl (C=O) groups is 1. The summed E-state index contributed by atoms with van der Waals surface area (Å²) < 4.78 is 0. The van der Waals surface area contributed by atoms with Gasteiger partial charge in [-0.2, -0.15) is 0 Å². The van der Waals surface area contributed by atoms with Crippen LogP contribution in [0, 0.1) is 0 Å². The summed E-state index contributed by atoms with van der Waals surface area (Å²) in [5.74, 6) is -0.0453. The first kappa shape index (κ1) is 13.5. The lowest BCUT2D eigenvalue weighted by Gasteiger charge is -2.26. The monoisotopic (exact) mass is 227 g/mol. The summed E-state index contributed by atoms with van der Waals surface area (Å²) in [6.07, 6.45) is 7.65. The molecule has 0 aliphatic carbocycles. The quantitative estimate of drug-likeness (QED) is 0.630. The smallest absolute Gasteiger partial charge is 0.233 e. The van der Waals surface area contributed by atoms with E-state index in [0.717, 1.165) is 13.0 Å². The van der Waals surface area contributed by atoms with Crippen LogP contribution in [-0.4, -0.2) is 43.5 Å². The Bertz CT molecular complexity index is 191. The predicted molar refractivity (Wildman–Crippen MR) is 66.2 cm³/mol. The molecule has 0 aromatic carbocycles. The molecule has 94 valence electrons. The van der Waals surface area contributed by atoms with Gasteiger partial charge in [-0.3, -0.25) is 4.79 Å². The second-order valence-corrected chi connectivity index (χ2v) is 4.52. The van der Waals surface area contributed by atoms with Gasteiger partial charge < -0.3 is 16.0 Å². The van der Waals surface area contributed by atoms with Gasteiger partial charge in [-0.25, -0.2) is 0 Å². The number of hydrogen-bond acceptors (Lipinski definition) is 3. The molecule has 0 aromatic rings. The molecule has 4 nitrogen and oxygen atoms in total. The van der Waals surface area contributed by atoms with Crippen molar-refractivity contribution in [3.05, 3.63) is 0 Å². The largest absolute Gasteiger partial charge is 0.355 e. The summed E-state index contributed by atoms with van der Waals surface area (Å²) >= 11 is 0. The van der Waals surface area contributed by atoms with Crippen LogP contribution in [0.3, 0.4) is 0 Å². The second-order valence-electron chi connectivity index (χ2n) is 4.52. The second kappa shape index (κ2) is 8.53. The molecule has 1 saturated heterocycles. The molecule has 1 heterocycles. The zero-order valence-electron chi connectivity index (χ0n) is 10.2. The number of nitrogens with one attached hydrogen (secondary N) is 1. The van der Waals surface area contributed by atoms with Gasteiger partial charge in [-0.1, -0.05) is 12.8 Å². The molecule has 16 heavy (non-hydrogen) atoms. The van der Waals surface area contributed by atoms with Gasteiger partial charge in [0.05, 0.1) is 6.54 Å². The van der Waals surface area contributed by atoms with Crippen LogP contribution in [0.25, 0.3) is 0 Å². The van der Waals surface area contributed by atoms with Crippen molar-refractivity contribution in [3.8, 4) is 0 Å².